The minimum absolute atomic E-state index is 0.285. The summed E-state index contributed by atoms with van der Waals surface area (Å²) in [6.45, 7) is 4.15. The molecule has 1 aromatic carbocycles. The topological polar surface area (TPSA) is 84.5 Å². The summed E-state index contributed by atoms with van der Waals surface area (Å²) in [4.78, 5) is 31.0. The Morgan fingerprint density at radius 3 is 2.85 bits per heavy atom. The molecule has 2 heterocycles. The highest BCUT2D eigenvalue weighted by Gasteiger charge is 2.16. The largest absolute Gasteiger partial charge is 0.357 e. The molecule has 0 bridgehead atoms. The molecule has 0 aliphatic heterocycles. The molecule has 8 nitrogen and oxygen atoms in total. The van der Waals surface area contributed by atoms with Crippen molar-refractivity contribution in [3.63, 3.8) is 0 Å². The number of aryl methyl sites for hydroxylation is 1. The minimum atomic E-state index is -0.472. The van der Waals surface area contributed by atoms with E-state index in [0.29, 0.717) is 22.7 Å². The highest BCUT2D eigenvalue weighted by atomic mass is 19.1. The summed E-state index contributed by atoms with van der Waals surface area (Å²) >= 11 is 0. The number of hydrogen-bond donors (Lipinski definition) is 1. The molecule has 1 N–H and O–H groups in total. The first-order valence-electron chi connectivity index (χ1n) is 8.62. The first-order valence-corrected chi connectivity index (χ1v) is 8.62. The lowest BCUT2D eigenvalue weighted by atomic mass is 10.2. The van der Waals surface area contributed by atoms with E-state index in [1.165, 1.54) is 22.9 Å². The fourth-order valence-electron chi connectivity index (χ4n) is 2.76. The first kappa shape index (κ1) is 18.6. The number of aromatic nitrogens is 4. The van der Waals surface area contributed by atoms with E-state index in [9.17, 15) is 14.0 Å². The molecule has 0 aliphatic carbocycles. The van der Waals surface area contributed by atoms with E-state index in [1.807, 2.05) is 18.9 Å². The Kier molecular flexibility index (Phi) is 5.20. The molecule has 0 unspecified atom stereocenters. The van der Waals surface area contributed by atoms with Crippen molar-refractivity contribution >= 4 is 23.1 Å². The molecular formula is C18H21FN6O2. The zero-order valence-corrected chi connectivity index (χ0v) is 15.4. The highest BCUT2D eigenvalue weighted by Crippen LogP contribution is 2.15. The minimum Gasteiger partial charge on any atom is -0.357 e. The van der Waals surface area contributed by atoms with E-state index < -0.39 is 17.4 Å². The van der Waals surface area contributed by atoms with E-state index >= 15 is 0 Å². The molecule has 2 aromatic heterocycles. The van der Waals surface area contributed by atoms with Crippen LogP contribution < -0.4 is 15.9 Å². The fraction of sp³-hybridized carbons (Fsp3) is 0.333. The summed E-state index contributed by atoms with van der Waals surface area (Å²) in [7, 11) is 1.87. The number of anilines is 2. The maximum Gasteiger partial charge on any atom is 0.350 e. The number of hydrogen-bond acceptors (Lipinski definition) is 5. The number of nitrogens with one attached hydrogen (secondary N) is 1. The molecule has 3 aromatic rings. The van der Waals surface area contributed by atoms with Crippen LogP contribution in [0.15, 0.2) is 35.4 Å². The van der Waals surface area contributed by atoms with E-state index in [1.54, 1.807) is 19.1 Å². The van der Waals surface area contributed by atoms with Crippen molar-refractivity contribution in [2.24, 2.45) is 0 Å². The molecule has 0 saturated carbocycles. The predicted molar refractivity (Wildman–Crippen MR) is 101 cm³/mol. The van der Waals surface area contributed by atoms with Crippen molar-refractivity contribution in [1.82, 2.24) is 19.2 Å². The van der Waals surface area contributed by atoms with Crippen LogP contribution >= 0.6 is 0 Å². The molecular weight excluding hydrogens is 351 g/mol. The van der Waals surface area contributed by atoms with Crippen LogP contribution in [0.25, 0.3) is 5.65 Å². The van der Waals surface area contributed by atoms with Crippen LogP contribution in [-0.2, 0) is 11.3 Å². The maximum atomic E-state index is 13.6. The Hall–Kier alpha value is -3.23. The number of fused-ring (bicyclic) bond motifs is 1. The number of carbonyl (C=O) groups excluding carboxylic acids is 1. The summed E-state index contributed by atoms with van der Waals surface area (Å²) in [5.41, 5.74) is 0.752. The van der Waals surface area contributed by atoms with Crippen LogP contribution in [0.3, 0.4) is 0 Å². The smallest absolute Gasteiger partial charge is 0.350 e. The molecule has 0 spiro atoms. The van der Waals surface area contributed by atoms with Crippen molar-refractivity contribution in [1.29, 1.82) is 0 Å². The van der Waals surface area contributed by atoms with Crippen molar-refractivity contribution in [2.75, 3.05) is 23.8 Å². The number of rotatable bonds is 6. The second-order valence-electron chi connectivity index (χ2n) is 6.32. The van der Waals surface area contributed by atoms with E-state index in [4.69, 9.17) is 0 Å². The number of benzene rings is 1. The summed E-state index contributed by atoms with van der Waals surface area (Å²) in [5.74, 6) is -0.316. The maximum absolute atomic E-state index is 13.6. The van der Waals surface area contributed by atoms with Gasteiger partial charge in [0.05, 0.1) is 0 Å². The third kappa shape index (κ3) is 3.81. The predicted octanol–water partition coefficient (Wildman–Crippen LogP) is 1.82. The molecule has 142 valence electrons. The second kappa shape index (κ2) is 7.56. The van der Waals surface area contributed by atoms with Crippen molar-refractivity contribution in [2.45, 2.75) is 26.8 Å². The zero-order chi connectivity index (χ0) is 19.6. The number of carbonyl (C=O) groups is 1. The Morgan fingerprint density at radius 1 is 1.37 bits per heavy atom. The van der Waals surface area contributed by atoms with Crippen LogP contribution in [0.1, 0.15) is 18.9 Å². The molecule has 3 rings (SSSR count). The lowest BCUT2D eigenvalue weighted by Crippen LogP contribution is -2.28. The van der Waals surface area contributed by atoms with Gasteiger partial charge in [-0.1, -0.05) is 13.0 Å². The van der Waals surface area contributed by atoms with Gasteiger partial charge in [0.25, 0.3) is 0 Å². The van der Waals surface area contributed by atoms with Gasteiger partial charge in [0, 0.05) is 31.7 Å². The summed E-state index contributed by atoms with van der Waals surface area (Å²) in [6, 6.07) is 4.41. The molecule has 0 atom stereocenters. The van der Waals surface area contributed by atoms with E-state index in [2.05, 4.69) is 15.4 Å². The Morgan fingerprint density at radius 2 is 2.15 bits per heavy atom. The van der Waals surface area contributed by atoms with Gasteiger partial charge in [-0.15, -0.1) is 5.10 Å². The zero-order valence-electron chi connectivity index (χ0n) is 15.4. The SMILES string of the molecule is CCCN(C)c1nccn2c(=O)n(CC(=O)Nc3ccc(C)c(F)c3)nc12. The van der Waals surface area contributed by atoms with E-state index in [0.717, 1.165) is 17.6 Å². The highest BCUT2D eigenvalue weighted by molar-refractivity contribution is 5.90. The standard InChI is InChI=1S/C18H21FN6O2/c1-4-8-23(3)16-17-22-25(18(27)24(17)9-7-20-16)11-15(26)21-13-6-5-12(2)14(19)10-13/h5-7,9-10H,4,8,11H2,1-3H3,(H,21,26). The number of halogens is 1. The normalized spacial score (nSPS) is 11.0. The average molecular weight is 372 g/mol. The van der Waals surface area contributed by atoms with Gasteiger partial charge in [0.2, 0.25) is 11.6 Å². The summed E-state index contributed by atoms with van der Waals surface area (Å²) in [6.07, 6.45) is 3.95. The molecule has 0 aliphatic rings. The average Bonchev–Trinajstić information content (AvgIpc) is 2.94. The van der Waals surface area contributed by atoms with Crippen LogP contribution in [0.4, 0.5) is 15.9 Å². The van der Waals surface area contributed by atoms with E-state index in [-0.39, 0.29) is 6.54 Å². The van der Waals surface area contributed by atoms with Crippen molar-refractivity contribution in [3.05, 3.63) is 52.5 Å². The second-order valence-corrected chi connectivity index (χ2v) is 6.32. The lowest BCUT2D eigenvalue weighted by Gasteiger charge is -2.16. The third-order valence-electron chi connectivity index (χ3n) is 4.15. The van der Waals surface area contributed by atoms with Gasteiger partial charge in [0.1, 0.15) is 12.4 Å². The van der Waals surface area contributed by atoms with Gasteiger partial charge in [-0.25, -0.2) is 23.3 Å². The van der Waals surface area contributed by atoms with Crippen molar-refractivity contribution < 1.29 is 9.18 Å². The fourth-order valence-corrected chi connectivity index (χ4v) is 2.76. The monoisotopic (exact) mass is 372 g/mol. The van der Waals surface area contributed by atoms with Gasteiger partial charge in [-0.05, 0) is 31.0 Å². The summed E-state index contributed by atoms with van der Waals surface area (Å²) in [5, 5.41) is 6.83. The van der Waals surface area contributed by atoms with Gasteiger partial charge in [-0.2, -0.15) is 0 Å². The quantitative estimate of drug-likeness (QED) is 0.714. The van der Waals surface area contributed by atoms with Crippen LogP contribution in [0, 0.1) is 12.7 Å². The van der Waals surface area contributed by atoms with Crippen molar-refractivity contribution in [3.8, 4) is 0 Å². The van der Waals surface area contributed by atoms with Gasteiger partial charge in [0.15, 0.2) is 5.82 Å². The van der Waals surface area contributed by atoms with Gasteiger partial charge >= 0.3 is 5.69 Å². The molecule has 0 radical (unpaired) electrons. The van der Waals surface area contributed by atoms with Gasteiger partial charge in [-0.3, -0.25) is 4.79 Å². The molecule has 1 amide bonds. The molecule has 27 heavy (non-hydrogen) atoms. The van der Waals surface area contributed by atoms with Crippen LogP contribution in [0.2, 0.25) is 0 Å². The first-order chi connectivity index (χ1) is 12.9. The molecule has 9 heteroatoms. The molecule has 0 fully saturated rings. The Bertz CT molecular complexity index is 1040. The van der Waals surface area contributed by atoms with Gasteiger partial charge < -0.3 is 10.2 Å². The third-order valence-corrected chi connectivity index (χ3v) is 4.15. The Labute approximate surface area is 155 Å². The number of nitrogens with zero attached hydrogens (tertiary/aromatic N) is 5. The number of amides is 1. The lowest BCUT2D eigenvalue weighted by molar-refractivity contribution is -0.117. The van der Waals surface area contributed by atoms with Crippen LogP contribution in [-0.4, -0.2) is 38.7 Å². The molecule has 0 saturated heterocycles. The van der Waals surface area contributed by atoms with Crippen LogP contribution in [0.5, 0.6) is 0 Å². The summed E-state index contributed by atoms with van der Waals surface area (Å²) < 4.78 is 16.0. The Balaban J connectivity index is 1.85.